The molecule has 4 aromatic carbocycles. The van der Waals surface area contributed by atoms with Gasteiger partial charge >= 0.3 is 115 Å². The molecule has 0 saturated carbocycles. The number of aliphatic hydroxyl groups excluding tert-OH is 2. The number of hydrogen-bond donors (Lipinski definition) is 2. The molecular formula is C43H50K2N2O11. The summed E-state index contributed by atoms with van der Waals surface area (Å²) in [4.78, 5) is 65.4. The summed E-state index contributed by atoms with van der Waals surface area (Å²) in [6.07, 6.45) is 0.129. The second-order valence-electron chi connectivity index (χ2n) is 13.0. The molecule has 0 radical (unpaired) electrons. The molecule has 13 nitrogen and oxygen atoms in total. The quantitative estimate of drug-likeness (QED) is 0.0590. The SMILES string of the molecule is CO.COC(=O)[C@@H]1C[C@H](C)CN1C(=O)C(c1ccccc1)c1ccccc1.COC(=O)[C@@H]1C[C@H](O)CN1C(=O)C(c1ccccc1)c1ccccc1.O=CO[O-].[H-].[K+].[K+]. The van der Waals surface area contributed by atoms with Gasteiger partial charge in [0.1, 0.15) is 12.1 Å². The molecule has 0 spiro atoms. The van der Waals surface area contributed by atoms with Crippen LogP contribution in [0.15, 0.2) is 121 Å². The van der Waals surface area contributed by atoms with Crippen LogP contribution in [0.3, 0.4) is 0 Å². The van der Waals surface area contributed by atoms with Gasteiger partial charge in [0, 0.05) is 26.6 Å². The Hall–Kier alpha value is -2.62. The Morgan fingerprint density at radius 2 is 0.931 bits per heavy atom. The first kappa shape index (κ1) is 53.4. The Morgan fingerprint density at radius 1 is 0.638 bits per heavy atom. The second kappa shape index (κ2) is 28.8. The van der Waals surface area contributed by atoms with Crippen LogP contribution in [0.2, 0.25) is 0 Å². The topological polar surface area (TPSA) is 183 Å². The van der Waals surface area contributed by atoms with Gasteiger partial charge in [-0.1, -0.05) is 128 Å². The van der Waals surface area contributed by atoms with E-state index in [4.69, 9.17) is 24.6 Å². The number of hydrogen-bond acceptors (Lipinski definition) is 11. The van der Waals surface area contributed by atoms with Crippen LogP contribution in [0.1, 0.15) is 55.3 Å². The Morgan fingerprint density at radius 3 is 1.22 bits per heavy atom. The molecule has 2 aliphatic heterocycles. The Balaban J connectivity index is 0.000000963. The molecule has 2 saturated heterocycles. The molecule has 300 valence electrons. The van der Waals surface area contributed by atoms with Crippen LogP contribution in [0.5, 0.6) is 0 Å². The van der Waals surface area contributed by atoms with Crippen LogP contribution in [0.25, 0.3) is 0 Å². The maximum absolute atomic E-state index is 13.4. The van der Waals surface area contributed by atoms with Gasteiger partial charge < -0.3 is 41.1 Å². The summed E-state index contributed by atoms with van der Waals surface area (Å²) in [7, 11) is 3.67. The maximum atomic E-state index is 13.4. The zero-order valence-electron chi connectivity index (χ0n) is 34.9. The Kier molecular flexibility index (Phi) is 26.5. The molecule has 2 aliphatic rings. The first-order valence-electron chi connectivity index (χ1n) is 18.0. The van der Waals surface area contributed by atoms with E-state index in [1.807, 2.05) is 121 Å². The number of likely N-dealkylation sites (tertiary alicyclic amines) is 2. The summed E-state index contributed by atoms with van der Waals surface area (Å²) in [6, 6.07) is 37.1. The van der Waals surface area contributed by atoms with Gasteiger partial charge in [-0.05, 0) is 34.6 Å². The van der Waals surface area contributed by atoms with Crippen molar-refractivity contribution in [2.75, 3.05) is 34.4 Å². The standard InChI is InChI=1S/C21H23NO3.C20H21NO4.CH2O3.CH4O.2K.H/c1-15-13-18(21(24)25-2)22(14-15)20(23)19(16-9-5-3-6-10-16)17-11-7-4-8-12-17;1-25-20(24)17-12-16(22)13-21(17)19(23)18(14-8-4-2-5-9-14)15-10-6-3-7-11-15;2-1-4-3;1-2;;;/h3-12,15,18-19H,13-14H2,1-2H3;2-11,16-18,22H,12-13H2,1H3;1,3H;2H,1H3;;;/q;;;;2*+1;-1/p-1/t15-,18-;16-,17-;;;;;/m00...../s1. The summed E-state index contributed by atoms with van der Waals surface area (Å²) in [6.45, 7) is 2.59. The summed E-state index contributed by atoms with van der Waals surface area (Å²) >= 11 is 0. The van der Waals surface area contributed by atoms with Gasteiger partial charge in [0.25, 0.3) is 6.47 Å². The summed E-state index contributed by atoms with van der Waals surface area (Å²) < 4.78 is 9.73. The molecule has 6 rings (SSSR count). The zero-order valence-corrected chi connectivity index (χ0v) is 40.1. The number of benzene rings is 4. The van der Waals surface area contributed by atoms with E-state index in [0.29, 0.717) is 13.0 Å². The summed E-state index contributed by atoms with van der Waals surface area (Å²) in [5.41, 5.74) is 3.57. The van der Waals surface area contributed by atoms with Gasteiger partial charge in [-0.3, -0.25) is 14.4 Å². The zero-order chi connectivity index (χ0) is 41.0. The minimum Gasteiger partial charge on any atom is -1.00 e. The average Bonchev–Trinajstić information content (AvgIpc) is 3.85. The predicted molar refractivity (Wildman–Crippen MR) is 205 cm³/mol. The van der Waals surface area contributed by atoms with Gasteiger partial charge in [0.15, 0.2) is 0 Å². The van der Waals surface area contributed by atoms with E-state index in [0.717, 1.165) is 29.4 Å². The molecule has 4 aromatic rings. The normalized spacial score (nSPS) is 17.6. The van der Waals surface area contributed by atoms with Crippen LogP contribution >= 0.6 is 0 Å². The molecule has 0 aromatic heterocycles. The molecule has 2 heterocycles. The minimum atomic E-state index is -0.748. The second-order valence-corrected chi connectivity index (χ2v) is 13.0. The first-order valence-corrected chi connectivity index (χ1v) is 18.0. The van der Waals surface area contributed by atoms with Crippen molar-refractivity contribution in [3.63, 3.8) is 0 Å². The fourth-order valence-corrected chi connectivity index (χ4v) is 6.93. The van der Waals surface area contributed by atoms with Gasteiger partial charge in [-0.25, -0.2) is 9.59 Å². The Bertz CT molecular complexity index is 1610. The molecule has 4 atom stereocenters. The van der Waals surface area contributed by atoms with Crippen molar-refractivity contribution >= 4 is 30.2 Å². The average molecular weight is 849 g/mol. The third-order valence-corrected chi connectivity index (χ3v) is 9.37. The van der Waals surface area contributed by atoms with Crippen molar-refractivity contribution in [3.8, 4) is 0 Å². The van der Waals surface area contributed by atoms with Crippen LogP contribution < -0.4 is 108 Å². The van der Waals surface area contributed by atoms with Crippen LogP contribution in [-0.2, 0) is 38.3 Å². The number of nitrogens with zero attached hydrogens (tertiary/aromatic N) is 2. The van der Waals surface area contributed by atoms with Crippen molar-refractivity contribution in [2.45, 2.75) is 49.8 Å². The summed E-state index contributed by atoms with van der Waals surface area (Å²) in [5.74, 6) is -1.75. The number of carbonyl (C=O) groups excluding carboxylic acids is 5. The van der Waals surface area contributed by atoms with Gasteiger partial charge in [0.2, 0.25) is 11.8 Å². The third-order valence-electron chi connectivity index (χ3n) is 9.37. The van der Waals surface area contributed by atoms with E-state index in [2.05, 4.69) is 11.8 Å². The molecule has 0 unspecified atom stereocenters. The number of rotatable bonds is 9. The Labute approximate surface area is 426 Å². The maximum Gasteiger partial charge on any atom is 1.00 e. The first-order chi connectivity index (χ1) is 27.1. The van der Waals surface area contributed by atoms with Crippen molar-refractivity contribution in [1.82, 2.24) is 9.80 Å². The number of esters is 2. The fraction of sp³-hybridized carbons (Fsp3) is 0.326. The molecule has 58 heavy (non-hydrogen) atoms. The largest absolute Gasteiger partial charge is 1.00 e. The van der Waals surface area contributed by atoms with E-state index in [-0.39, 0.29) is 147 Å². The molecule has 2 N–H and O–H groups in total. The van der Waals surface area contributed by atoms with E-state index in [1.165, 1.54) is 19.1 Å². The van der Waals surface area contributed by atoms with Gasteiger partial charge in [-0.15, -0.1) is 0 Å². The van der Waals surface area contributed by atoms with E-state index in [1.54, 1.807) is 4.90 Å². The molecule has 0 aliphatic carbocycles. The molecule has 2 fully saturated rings. The van der Waals surface area contributed by atoms with Gasteiger partial charge in [-0.2, -0.15) is 0 Å². The predicted octanol–water partition coefficient (Wildman–Crippen LogP) is -2.65. The number of carbonyl (C=O) groups is 5. The van der Waals surface area contributed by atoms with Crippen LogP contribution in [-0.4, -0.2) is 103 Å². The smallest absolute Gasteiger partial charge is 1.00 e. The minimum absolute atomic E-state index is 0. The number of amides is 2. The number of β-amino-alcohol motifs (C(OH)–C–C–N with tert-alkyl or cyclic N) is 1. The van der Waals surface area contributed by atoms with Crippen LogP contribution in [0, 0.1) is 5.92 Å². The monoisotopic (exact) mass is 848 g/mol. The number of ether oxygens (including phenoxy) is 2. The molecular weight excluding hydrogens is 799 g/mol. The van der Waals surface area contributed by atoms with E-state index in [9.17, 15) is 24.3 Å². The van der Waals surface area contributed by atoms with E-state index < -0.39 is 36.0 Å². The van der Waals surface area contributed by atoms with Crippen molar-refractivity contribution in [2.24, 2.45) is 5.92 Å². The van der Waals surface area contributed by atoms with E-state index >= 15 is 0 Å². The van der Waals surface area contributed by atoms with Gasteiger partial charge in [0.05, 0.1) is 32.2 Å². The van der Waals surface area contributed by atoms with Crippen molar-refractivity contribution in [3.05, 3.63) is 144 Å². The number of aliphatic hydroxyl groups is 2. The van der Waals surface area contributed by atoms with Crippen molar-refractivity contribution in [1.29, 1.82) is 0 Å². The summed E-state index contributed by atoms with van der Waals surface area (Å²) in [5, 5.41) is 25.4. The molecule has 2 amide bonds. The third kappa shape index (κ3) is 15.1. The fourth-order valence-electron chi connectivity index (χ4n) is 6.93. The molecule has 0 bridgehead atoms. The number of methoxy groups -OCH3 is 2. The van der Waals surface area contributed by atoms with Crippen LogP contribution in [0.4, 0.5) is 0 Å². The van der Waals surface area contributed by atoms with Crippen molar-refractivity contribution < 1.29 is 158 Å². The molecule has 15 heteroatoms.